The van der Waals surface area contributed by atoms with E-state index in [2.05, 4.69) is 4.98 Å². The van der Waals surface area contributed by atoms with Crippen LogP contribution in [0.1, 0.15) is 25.5 Å². The summed E-state index contributed by atoms with van der Waals surface area (Å²) >= 11 is 1.24. The average Bonchev–Trinajstić information content (AvgIpc) is 3.33. The molecule has 1 amide bonds. The van der Waals surface area contributed by atoms with Crippen LogP contribution < -0.4 is 5.56 Å². The zero-order chi connectivity index (χ0) is 22.5. The number of ether oxygens (including phenoxy) is 1. The van der Waals surface area contributed by atoms with Crippen molar-refractivity contribution in [1.29, 1.82) is 0 Å². The van der Waals surface area contributed by atoms with Gasteiger partial charge in [0.15, 0.2) is 5.16 Å². The lowest BCUT2D eigenvalue weighted by Gasteiger charge is -2.30. The molecule has 0 atom stereocenters. The molecule has 0 radical (unpaired) electrons. The molecule has 1 aromatic carbocycles. The first-order chi connectivity index (χ1) is 15.6. The van der Waals surface area contributed by atoms with E-state index in [0.717, 1.165) is 0 Å². The number of likely N-dealkylation sites (tertiary alicyclic amines) is 1. The standard InChI is InChI=1S/C23H25N3O5S/c1-2-30-22(29)16-9-11-25(12-10-16)20(27)15-32-23-24-19-8-4-3-7-18(19)21(28)26(23)14-17-6-5-13-31-17/h3-8,13,16H,2,9-12,14-15H2,1H3. The van der Waals surface area contributed by atoms with Gasteiger partial charge < -0.3 is 14.1 Å². The summed E-state index contributed by atoms with van der Waals surface area (Å²) in [5.41, 5.74) is 0.426. The van der Waals surface area contributed by atoms with E-state index in [0.29, 0.717) is 54.4 Å². The highest BCUT2D eigenvalue weighted by Crippen LogP contribution is 2.22. The molecule has 32 heavy (non-hydrogen) atoms. The number of carbonyl (C=O) groups excluding carboxylic acids is 2. The predicted molar refractivity (Wildman–Crippen MR) is 120 cm³/mol. The van der Waals surface area contributed by atoms with E-state index in [1.54, 1.807) is 53.0 Å². The molecule has 1 saturated heterocycles. The number of para-hydroxylation sites is 1. The molecule has 4 rings (SSSR count). The Bertz CT molecular complexity index is 1150. The quantitative estimate of drug-likeness (QED) is 0.307. The van der Waals surface area contributed by atoms with Gasteiger partial charge in [0, 0.05) is 13.1 Å². The molecule has 1 fully saturated rings. The maximum atomic E-state index is 13.1. The number of amides is 1. The maximum Gasteiger partial charge on any atom is 0.309 e. The molecule has 0 aliphatic carbocycles. The number of furan rings is 1. The molecule has 8 nitrogen and oxygen atoms in total. The molecule has 168 valence electrons. The van der Waals surface area contributed by atoms with Crippen molar-refractivity contribution in [1.82, 2.24) is 14.5 Å². The molecule has 0 bridgehead atoms. The van der Waals surface area contributed by atoms with Gasteiger partial charge in [0.1, 0.15) is 5.76 Å². The van der Waals surface area contributed by atoms with Gasteiger partial charge in [-0.25, -0.2) is 4.98 Å². The Morgan fingerprint density at radius 2 is 1.97 bits per heavy atom. The lowest BCUT2D eigenvalue weighted by molar-refractivity contribution is -0.151. The van der Waals surface area contributed by atoms with E-state index >= 15 is 0 Å². The zero-order valence-electron chi connectivity index (χ0n) is 17.9. The van der Waals surface area contributed by atoms with Crippen LogP contribution in [0.25, 0.3) is 10.9 Å². The number of fused-ring (bicyclic) bond motifs is 1. The van der Waals surface area contributed by atoms with E-state index < -0.39 is 0 Å². The first-order valence-corrected chi connectivity index (χ1v) is 11.6. The van der Waals surface area contributed by atoms with Gasteiger partial charge in [0.05, 0.1) is 42.0 Å². The molecular formula is C23H25N3O5S. The smallest absolute Gasteiger partial charge is 0.309 e. The number of benzene rings is 1. The first kappa shape index (κ1) is 22.1. The number of aromatic nitrogens is 2. The van der Waals surface area contributed by atoms with Crippen LogP contribution in [0.4, 0.5) is 0 Å². The summed E-state index contributed by atoms with van der Waals surface area (Å²) in [6.07, 6.45) is 2.77. The number of nitrogens with zero attached hydrogens (tertiary/aromatic N) is 3. The number of esters is 1. The fraction of sp³-hybridized carbons (Fsp3) is 0.391. The summed E-state index contributed by atoms with van der Waals surface area (Å²) in [5.74, 6) is 0.429. The number of rotatable bonds is 7. The van der Waals surface area contributed by atoms with Crippen LogP contribution in [0.3, 0.4) is 0 Å². The van der Waals surface area contributed by atoms with E-state index in [4.69, 9.17) is 9.15 Å². The largest absolute Gasteiger partial charge is 0.467 e. The maximum absolute atomic E-state index is 13.1. The van der Waals surface area contributed by atoms with Crippen LogP contribution in [0.2, 0.25) is 0 Å². The molecule has 1 aliphatic rings. The van der Waals surface area contributed by atoms with Gasteiger partial charge in [-0.1, -0.05) is 23.9 Å². The summed E-state index contributed by atoms with van der Waals surface area (Å²) < 4.78 is 12.1. The highest BCUT2D eigenvalue weighted by Gasteiger charge is 2.28. The third-order valence-corrected chi connectivity index (χ3v) is 6.47. The van der Waals surface area contributed by atoms with Gasteiger partial charge in [0.2, 0.25) is 5.91 Å². The Balaban J connectivity index is 1.47. The molecule has 1 aliphatic heterocycles. The highest BCUT2D eigenvalue weighted by atomic mass is 32.2. The van der Waals surface area contributed by atoms with E-state index in [1.807, 2.05) is 6.07 Å². The monoisotopic (exact) mass is 455 g/mol. The summed E-state index contributed by atoms with van der Waals surface area (Å²) in [6, 6.07) is 10.7. The second-order valence-electron chi connectivity index (χ2n) is 7.58. The summed E-state index contributed by atoms with van der Waals surface area (Å²) in [5, 5.41) is 0.996. The van der Waals surface area contributed by atoms with Crippen molar-refractivity contribution in [3.63, 3.8) is 0 Å². The van der Waals surface area contributed by atoms with E-state index in [9.17, 15) is 14.4 Å². The minimum Gasteiger partial charge on any atom is -0.467 e. The Hall–Kier alpha value is -3.07. The predicted octanol–water partition coefficient (Wildman–Crippen LogP) is 2.93. The number of hydrogen-bond donors (Lipinski definition) is 0. The van der Waals surface area contributed by atoms with Gasteiger partial charge in [0.25, 0.3) is 5.56 Å². The summed E-state index contributed by atoms with van der Waals surface area (Å²) in [6.45, 7) is 3.44. The van der Waals surface area contributed by atoms with Crippen LogP contribution in [0, 0.1) is 5.92 Å². The fourth-order valence-electron chi connectivity index (χ4n) is 3.80. The topological polar surface area (TPSA) is 94.6 Å². The van der Waals surface area contributed by atoms with Crippen molar-refractivity contribution >= 4 is 34.5 Å². The summed E-state index contributed by atoms with van der Waals surface area (Å²) in [4.78, 5) is 44.2. The molecule has 0 spiro atoms. The van der Waals surface area contributed by atoms with Gasteiger partial charge in [-0.2, -0.15) is 0 Å². The third kappa shape index (κ3) is 4.88. The Labute approximate surface area is 189 Å². The van der Waals surface area contributed by atoms with Gasteiger partial charge >= 0.3 is 5.97 Å². The third-order valence-electron chi connectivity index (χ3n) is 5.51. The van der Waals surface area contributed by atoms with Crippen molar-refractivity contribution in [3.8, 4) is 0 Å². The number of hydrogen-bond acceptors (Lipinski definition) is 7. The van der Waals surface area contributed by atoms with Crippen LogP contribution in [-0.4, -0.2) is 51.8 Å². The molecule has 2 aromatic heterocycles. The lowest BCUT2D eigenvalue weighted by atomic mass is 9.97. The SMILES string of the molecule is CCOC(=O)C1CCN(C(=O)CSc2nc3ccccc3c(=O)n2Cc2ccco2)CC1. The van der Waals surface area contributed by atoms with Gasteiger partial charge in [-0.3, -0.25) is 19.0 Å². The average molecular weight is 456 g/mol. The van der Waals surface area contributed by atoms with Crippen molar-refractivity contribution in [3.05, 3.63) is 58.8 Å². The molecule has 0 saturated carbocycles. The minimum absolute atomic E-state index is 0.0377. The first-order valence-electron chi connectivity index (χ1n) is 10.7. The zero-order valence-corrected chi connectivity index (χ0v) is 18.7. The minimum atomic E-state index is -0.184. The molecule has 3 aromatic rings. The van der Waals surface area contributed by atoms with Gasteiger partial charge in [-0.05, 0) is 44.0 Å². The van der Waals surface area contributed by atoms with Crippen LogP contribution in [0.15, 0.2) is 57.0 Å². The number of carbonyl (C=O) groups is 2. The van der Waals surface area contributed by atoms with Crippen molar-refractivity contribution in [2.45, 2.75) is 31.5 Å². The second kappa shape index (κ2) is 10.0. The second-order valence-corrected chi connectivity index (χ2v) is 8.52. The van der Waals surface area contributed by atoms with Crippen LogP contribution in [0.5, 0.6) is 0 Å². The van der Waals surface area contributed by atoms with Crippen molar-refractivity contribution in [2.75, 3.05) is 25.4 Å². The lowest BCUT2D eigenvalue weighted by Crippen LogP contribution is -2.41. The Morgan fingerprint density at radius 3 is 2.69 bits per heavy atom. The molecule has 0 unspecified atom stereocenters. The summed E-state index contributed by atoms with van der Waals surface area (Å²) in [7, 11) is 0. The van der Waals surface area contributed by atoms with E-state index in [1.165, 1.54) is 11.8 Å². The van der Waals surface area contributed by atoms with Gasteiger partial charge in [-0.15, -0.1) is 0 Å². The fourth-order valence-corrected chi connectivity index (χ4v) is 4.70. The highest BCUT2D eigenvalue weighted by molar-refractivity contribution is 7.99. The molecule has 9 heteroatoms. The molecule has 0 N–H and O–H groups in total. The molecule has 3 heterocycles. The Kier molecular flexibility index (Phi) is 6.94. The normalized spacial score (nSPS) is 14.6. The number of piperidine rings is 1. The van der Waals surface area contributed by atoms with E-state index in [-0.39, 0.29) is 35.7 Å². The van der Waals surface area contributed by atoms with Crippen LogP contribution in [-0.2, 0) is 20.9 Å². The van der Waals surface area contributed by atoms with Crippen LogP contribution >= 0.6 is 11.8 Å². The number of thioether (sulfide) groups is 1. The Morgan fingerprint density at radius 1 is 1.19 bits per heavy atom. The van der Waals surface area contributed by atoms with Crippen molar-refractivity contribution in [2.24, 2.45) is 5.92 Å². The molecular weight excluding hydrogens is 430 g/mol. The van der Waals surface area contributed by atoms with Crippen molar-refractivity contribution < 1.29 is 18.7 Å².